The summed E-state index contributed by atoms with van der Waals surface area (Å²) in [6.07, 6.45) is 0. The van der Waals surface area contributed by atoms with Crippen LogP contribution in [0.5, 0.6) is 0 Å². The van der Waals surface area contributed by atoms with Crippen molar-refractivity contribution in [3.63, 3.8) is 0 Å². The first kappa shape index (κ1) is 16.2. The molecule has 0 unspecified atom stereocenters. The van der Waals surface area contributed by atoms with Crippen molar-refractivity contribution < 1.29 is 19.8 Å². The van der Waals surface area contributed by atoms with Crippen LogP contribution >= 0.6 is 23.5 Å². The van der Waals surface area contributed by atoms with Crippen LogP contribution in [-0.2, 0) is 9.59 Å². The van der Waals surface area contributed by atoms with Gasteiger partial charge in [-0.3, -0.25) is 0 Å². The average Bonchev–Trinajstić information content (AvgIpc) is 2.52. The molecular weight excluding hydrogens is 320 g/mol. The Morgan fingerprint density at radius 2 is 0.955 bits per heavy atom. The van der Waals surface area contributed by atoms with E-state index in [9.17, 15) is 19.8 Å². The molecule has 6 heteroatoms. The summed E-state index contributed by atoms with van der Waals surface area (Å²) in [5, 5.41) is 18.8. The molecule has 0 saturated heterocycles. The topological polar surface area (TPSA) is 74.6 Å². The molecule has 0 radical (unpaired) electrons. The molecule has 2 aromatic rings. The van der Waals surface area contributed by atoms with Crippen molar-refractivity contribution >= 4 is 35.5 Å². The van der Waals surface area contributed by atoms with Crippen molar-refractivity contribution in [1.82, 2.24) is 0 Å². The van der Waals surface area contributed by atoms with Gasteiger partial charge in [-0.1, -0.05) is 59.9 Å². The number of hydrogen-bond acceptors (Lipinski definition) is 4. The van der Waals surface area contributed by atoms with Gasteiger partial charge in [0.25, 0.3) is 0 Å². The number of hydrogen-bond donors (Lipinski definition) is 2. The van der Waals surface area contributed by atoms with Crippen LogP contribution in [0.2, 0.25) is 0 Å². The van der Waals surface area contributed by atoms with Crippen molar-refractivity contribution in [2.24, 2.45) is 0 Å². The molecule has 2 aromatic carbocycles. The van der Waals surface area contributed by atoms with E-state index in [0.29, 0.717) is 9.79 Å². The third-order valence-corrected chi connectivity index (χ3v) is 4.83. The Bertz CT molecular complexity index is 635. The molecular formula is C16H12O4S2. The van der Waals surface area contributed by atoms with Crippen molar-refractivity contribution in [2.45, 2.75) is 9.79 Å². The molecule has 0 fully saturated rings. The number of carbonyl (C=O) groups is 2. The van der Waals surface area contributed by atoms with Gasteiger partial charge in [0.15, 0.2) is 0 Å². The van der Waals surface area contributed by atoms with Gasteiger partial charge in [-0.15, -0.1) is 0 Å². The zero-order valence-corrected chi connectivity index (χ0v) is 12.9. The number of benzene rings is 2. The van der Waals surface area contributed by atoms with E-state index in [1.54, 1.807) is 48.5 Å². The summed E-state index contributed by atoms with van der Waals surface area (Å²) >= 11 is 1.86. The summed E-state index contributed by atoms with van der Waals surface area (Å²) in [6.45, 7) is 0. The minimum atomic E-state index is -1.25. The second kappa shape index (κ2) is 7.72. The summed E-state index contributed by atoms with van der Waals surface area (Å²) < 4.78 is 0. The van der Waals surface area contributed by atoms with Crippen LogP contribution in [-0.4, -0.2) is 22.2 Å². The van der Waals surface area contributed by atoms with Crippen molar-refractivity contribution in [1.29, 1.82) is 0 Å². The molecule has 2 rings (SSSR count). The average molecular weight is 332 g/mol. The Morgan fingerprint density at radius 3 is 1.23 bits per heavy atom. The van der Waals surface area contributed by atoms with Gasteiger partial charge in [0.05, 0.1) is 0 Å². The van der Waals surface area contributed by atoms with E-state index >= 15 is 0 Å². The highest BCUT2D eigenvalue weighted by Gasteiger charge is 2.22. The van der Waals surface area contributed by atoms with Crippen LogP contribution in [0.25, 0.3) is 0 Å². The maximum atomic E-state index is 11.5. The fourth-order valence-electron chi connectivity index (χ4n) is 1.59. The van der Waals surface area contributed by atoms with Crippen molar-refractivity contribution in [3.05, 3.63) is 70.5 Å². The van der Waals surface area contributed by atoms with Crippen LogP contribution in [0.4, 0.5) is 0 Å². The van der Waals surface area contributed by atoms with Gasteiger partial charge in [-0.25, -0.2) is 9.59 Å². The van der Waals surface area contributed by atoms with Crippen LogP contribution < -0.4 is 0 Å². The number of thioether (sulfide) groups is 2. The van der Waals surface area contributed by atoms with E-state index in [1.807, 2.05) is 12.1 Å². The lowest BCUT2D eigenvalue weighted by atomic mass is 10.4. The van der Waals surface area contributed by atoms with Crippen LogP contribution in [0, 0.1) is 0 Å². The molecule has 0 saturated carbocycles. The lowest BCUT2D eigenvalue weighted by Gasteiger charge is -2.08. The largest absolute Gasteiger partial charge is 0.477 e. The molecule has 112 valence electrons. The lowest BCUT2D eigenvalue weighted by molar-refractivity contribution is -0.134. The molecule has 0 aliphatic carbocycles. The number of rotatable bonds is 6. The third kappa shape index (κ3) is 4.41. The van der Waals surface area contributed by atoms with Crippen LogP contribution in [0.1, 0.15) is 0 Å². The normalized spacial score (nSPS) is 11.6. The van der Waals surface area contributed by atoms with E-state index in [4.69, 9.17) is 0 Å². The fraction of sp³-hybridized carbons (Fsp3) is 0. The van der Waals surface area contributed by atoms with Gasteiger partial charge in [0.1, 0.15) is 9.81 Å². The Balaban J connectivity index is 2.39. The predicted molar refractivity (Wildman–Crippen MR) is 86.9 cm³/mol. The Kier molecular flexibility index (Phi) is 5.68. The first-order valence-electron chi connectivity index (χ1n) is 6.24. The number of carboxylic acid groups (broad SMARTS) is 2. The molecule has 22 heavy (non-hydrogen) atoms. The lowest BCUT2D eigenvalue weighted by Crippen LogP contribution is -2.07. The standard InChI is InChI=1S/C16H12O4S2/c17-15(18)13(21-11-7-3-1-4-8-11)14(16(19)20)22-12-9-5-2-6-10-12/h1-10H,(H,17,18)(H,19,20)/b14-13-. The Morgan fingerprint density at radius 1 is 0.636 bits per heavy atom. The molecule has 0 atom stereocenters. The summed E-state index contributed by atoms with van der Waals surface area (Å²) in [7, 11) is 0. The highest BCUT2D eigenvalue weighted by molar-refractivity contribution is 8.08. The van der Waals surface area contributed by atoms with Crippen molar-refractivity contribution in [3.8, 4) is 0 Å². The van der Waals surface area contributed by atoms with Gasteiger partial charge in [-0.05, 0) is 24.3 Å². The van der Waals surface area contributed by atoms with Crippen molar-refractivity contribution in [2.75, 3.05) is 0 Å². The van der Waals surface area contributed by atoms with Crippen LogP contribution in [0.3, 0.4) is 0 Å². The zero-order chi connectivity index (χ0) is 15.9. The first-order valence-corrected chi connectivity index (χ1v) is 7.88. The molecule has 4 nitrogen and oxygen atoms in total. The minimum absolute atomic E-state index is 0.201. The molecule has 0 aliphatic heterocycles. The zero-order valence-electron chi connectivity index (χ0n) is 11.3. The smallest absolute Gasteiger partial charge is 0.343 e. The highest BCUT2D eigenvalue weighted by atomic mass is 32.2. The molecule has 2 N–H and O–H groups in total. The summed E-state index contributed by atoms with van der Waals surface area (Å²) in [6, 6.07) is 17.6. The van der Waals surface area contributed by atoms with Gasteiger partial charge in [-0.2, -0.15) is 0 Å². The summed E-state index contributed by atoms with van der Waals surface area (Å²) in [4.78, 5) is 23.9. The quantitative estimate of drug-likeness (QED) is 0.616. The number of aliphatic carboxylic acids is 2. The summed E-state index contributed by atoms with van der Waals surface area (Å²) in [5.74, 6) is -2.51. The SMILES string of the molecule is O=C(O)/C(Sc1ccccc1)=C(/Sc1ccccc1)C(=O)O. The maximum absolute atomic E-state index is 11.5. The first-order chi connectivity index (χ1) is 10.6. The van der Waals surface area contributed by atoms with E-state index in [2.05, 4.69) is 0 Å². The van der Waals surface area contributed by atoms with Gasteiger partial charge >= 0.3 is 11.9 Å². The Hall–Kier alpha value is -2.18. The molecule has 0 heterocycles. The minimum Gasteiger partial charge on any atom is -0.477 e. The van der Waals surface area contributed by atoms with Crippen LogP contribution in [0.15, 0.2) is 80.3 Å². The molecule has 0 bridgehead atoms. The summed E-state index contributed by atoms with van der Waals surface area (Å²) in [5.41, 5.74) is 0. The van der Waals surface area contributed by atoms with E-state index in [0.717, 1.165) is 23.5 Å². The predicted octanol–water partition coefficient (Wildman–Crippen LogP) is 3.95. The Labute approximate surface area is 135 Å². The second-order valence-corrected chi connectivity index (χ2v) is 6.27. The second-order valence-electron chi connectivity index (χ2n) is 4.10. The van der Waals surface area contributed by atoms with Gasteiger partial charge in [0.2, 0.25) is 0 Å². The third-order valence-electron chi connectivity index (χ3n) is 2.52. The fourth-order valence-corrected chi connectivity index (χ4v) is 3.43. The molecule has 0 spiro atoms. The van der Waals surface area contributed by atoms with E-state index in [-0.39, 0.29) is 9.81 Å². The van der Waals surface area contributed by atoms with E-state index < -0.39 is 11.9 Å². The molecule has 0 aromatic heterocycles. The molecule has 0 aliphatic rings. The number of carboxylic acids is 2. The molecule has 0 amide bonds. The van der Waals surface area contributed by atoms with E-state index in [1.165, 1.54) is 0 Å². The monoisotopic (exact) mass is 332 g/mol. The highest BCUT2D eigenvalue weighted by Crippen LogP contribution is 2.36. The maximum Gasteiger partial charge on any atom is 0.343 e. The van der Waals surface area contributed by atoms with Gasteiger partial charge in [0, 0.05) is 9.79 Å². The van der Waals surface area contributed by atoms with Gasteiger partial charge < -0.3 is 10.2 Å².